The first kappa shape index (κ1) is 12.0. The molecule has 0 fully saturated rings. The lowest BCUT2D eigenvalue weighted by atomic mass is 10.1. The second-order valence-electron chi connectivity index (χ2n) is 4.37. The van der Waals surface area contributed by atoms with Crippen molar-refractivity contribution in [3.8, 4) is 5.75 Å². The molecule has 3 heteroatoms. The molecule has 1 aromatic heterocycles. The fourth-order valence-electron chi connectivity index (χ4n) is 2.38. The molecule has 0 amide bonds. The van der Waals surface area contributed by atoms with Crippen molar-refractivity contribution in [2.24, 2.45) is 7.05 Å². The van der Waals surface area contributed by atoms with Crippen molar-refractivity contribution in [1.29, 1.82) is 0 Å². The molecule has 0 saturated carbocycles. The lowest BCUT2D eigenvalue weighted by Gasteiger charge is -2.05. The molecule has 1 aromatic carbocycles. The Labute approximate surface area is 102 Å². The SMILES string of the molecule is CNCCc1c(C)c2ccc(OC)cc2n1C. The lowest BCUT2D eigenvalue weighted by Crippen LogP contribution is -2.12. The molecule has 0 aliphatic rings. The third kappa shape index (κ3) is 2.03. The van der Waals surface area contributed by atoms with Crippen molar-refractivity contribution in [3.05, 3.63) is 29.5 Å². The molecule has 0 atom stereocenters. The van der Waals surface area contributed by atoms with Gasteiger partial charge in [0.1, 0.15) is 5.75 Å². The fraction of sp³-hybridized carbons (Fsp3) is 0.429. The third-order valence-corrected chi connectivity index (χ3v) is 3.42. The summed E-state index contributed by atoms with van der Waals surface area (Å²) < 4.78 is 7.55. The summed E-state index contributed by atoms with van der Waals surface area (Å²) in [4.78, 5) is 0. The summed E-state index contributed by atoms with van der Waals surface area (Å²) in [5, 5.41) is 4.52. The van der Waals surface area contributed by atoms with Crippen LogP contribution in [0.5, 0.6) is 5.75 Å². The molecule has 0 aliphatic carbocycles. The fourth-order valence-corrected chi connectivity index (χ4v) is 2.38. The van der Waals surface area contributed by atoms with E-state index >= 15 is 0 Å². The molecule has 0 spiro atoms. The van der Waals surface area contributed by atoms with Crippen molar-refractivity contribution in [2.45, 2.75) is 13.3 Å². The predicted molar refractivity (Wildman–Crippen MR) is 71.8 cm³/mol. The van der Waals surface area contributed by atoms with Gasteiger partial charge in [-0.05, 0) is 31.7 Å². The number of nitrogens with one attached hydrogen (secondary N) is 1. The number of likely N-dealkylation sites (N-methyl/N-ethyl adjacent to an activating group) is 1. The highest BCUT2D eigenvalue weighted by Gasteiger charge is 2.11. The van der Waals surface area contributed by atoms with Crippen LogP contribution in [0.3, 0.4) is 0 Å². The van der Waals surface area contributed by atoms with Crippen molar-refractivity contribution >= 4 is 10.9 Å². The van der Waals surface area contributed by atoms with E-state index in [-0.39, 0.29) is 0 Å². The predicted octanol–water partition coefficient (Wildman–Crippen LogP) is 2.26. The first-order valence-corrected chi connectivity index (χ1v) is 5.95. The minimum Gasteiger partial charge on any atom is -0.497 e. The normalized spacial score (nSPS) is 11.1. The van der Waals surface area contributed by atoms with E-state index in [2.05, 4.69) is 36.0 Å². The van der Waals surface area contributed by atoms with E-state index in [1.807, 2.05) is 13.1 Å². The molecule has 92 valence electrons. The largest absolute Gasteiger partial charge is 0.497 e. The number of nitrogens with zero attached hydrogens (tertiary/aromatic N) is 1. The smallest absolute Gasteiger partial charge is 0.120 e. The lowest BCUT2D eigenvalue weighted by molar-refractivity contribution is 0.415. The molecule has 0 bridgehead atoms. The minimum absolute atomic E-state index is 0.915. The molecule has 0 saturated heterocycles. The molecule has 1 N–H and O–H groups in total. The van der Waals surface area contributed by atoms with Crippen LogP contribution in [0, 0.1) is 6.92 Å². The Morgan fingerprint density at radius 1 is 1.35 bits per heavy atom. The maximum atomic E-state index is 5.28. The average Bonchev–Trinajstić information content (AvgIpc) is 2.59. The number of benzene rings is 1. The Kier molecular flexibility index (Phi) is 3.38. The first-order valence-electron chi connectivity index (χ1n) is 5.95. The Hall–Kier alpha value is -1.48. The number of methoxy groups -OCH3 is 1. The molecular formula is C14H20N2O. The van der Waals surface area contributed by atoms with E-state index in [1.54, 1.807) is 7.11 Å². The van der Waals surface area contributed by atoms with Crippen molar-refractivity contribution < 1.29 is 4.74 Å². The second kappa shape index (κ2) is 4.80. The zero-order chi connectivity index (χ0) is 12.4. The van der Waals surface area contributed by atoms with Crippen LogP contribution < -0.4 is 10.1 Å². The Balaban J connectivity index is 2.54. The zero-order valence-corrected chi connectivity index (χ0v) is 11.0. The van der Waals surface area contributed by atoms with Gasteiger partial charge in [-0.15, -0.1) is 0 Å². The van der Waals surface area contributed by atoms with Crippen LogP contribution in [0.15, 0.2) is 18.2 Å². The number of hydrogen-bond donors (Lipinski definition) is 1. The van der Waals surface area contributed by atoms with E-state index in [0.29, 0.717) is 0 Å². The minimum atomic E-state index is 0.915. The number of hydrogen-bond acceptors (Lipinski definition) is 2. The molecular weight excluding hydrogens is 212 g/mol. The highest BCUT2D eigenvalue weighted by molar-refractivity contribution is 5.86. The van der Waals surface area contributed by atoms with Gasteiger partial charge in [-0.3, -0.25) is 0 Å². The monoisotopic (exact) mass is 232 g/mol. The summed E-state index contributed by atoms with van der Waals surface area (Å²) in [5.74, 6) is 0.915. The van der Waals surface area contributed by atoms with Crippen LogP contribution in [-0.4, -0.2) is 25.3 Å². The van der Waals surface area contributed by atoms with Gasteiger partial charge >= 0.3 is 0 Å². The standard InChI is InChI=1S/C14H20N2O/c1-10-12-6-5-11(17-4)9-14(12)16(3)13(10)7-8-15-2/h5-6,9,15H,7-8H2,1-4H3. The first-order chi connectivity index (χ1) is 8.19. The highest BCUT2D eigenvalue weighted by atomic mass is 16.5. The maximum Gasteiger partial charge on any atom is 0.120 e. The van der Waals surface area contributed by atoms with Crippen LogP contribution in [0.2, 0.25) is 0 Å². The Morgan fingerprint density at radius 3 is 2.76 bits per heavy atom. The Morgan fingerprint density at radius 2 is 2.12 bits per heavy atom. The third-order valence-electron chi connectivity index (χ3n) is 3.42. The number of ether oxygens (including phenoxy) is 1. The second-order valence-corrected chi connectivity index (χ2v) is 4.37. The summed E-state index contributed by atoms with van der Waals surface area (Å²) >= 11 is 0. The molecule has 0 unspecified atom stereocenters. The van der Waals surface area contributed by atoms with Gasteiger partial charge in [-0.1, -0.05) is 0 Å². The van der Waals surface area contributed by atoms with Crippen molar-refractivity contribution in [2.75, 3.05) is 20.7 Å². The molecule has 0 aliphatic heterocycles. The van der Waals surface area contributed by atoms with E-state index in [1.165, 1.54) is 22.2 Å². The van der Waals surface area contributed by atoms with E-state index in [4.69, 9.17) is 4.74 Å². The molecule has 2 aromatic rings. The van der Waals surface area contributed by atoms with Crippen LogP contribution in [0.4, 0.5) is 0 Å². The van der Waals surface area contributed by atoms with Crippen LogP contribution in [0.1, 0.15) is 11.3 Å². The van der Waals surface area contributed by atoms with Gasteiger partial charge < -0.3 is 14.6 Å². The van der Waals surface area contributed by atoms with Gasteiger partial charge in [-0.25, -0.2) is 0 Å². The van der Waals surface area contributed by atoms with Crippen LogP contribution >= 0.6 is 0 Å². The molecule has 2 rings (SSSR count). The van der Waals surface area contributed by atoms with Gasteiger partial charge in [0.15, 0.2) is 0 Å². The summed E-state index contributed by atoms with van der Waals surface area (Å²) in [5.41, 5.74) is 4.01. The topological polar surface area (TPSA) is 26.2 Å². The molecule has 17 heavy (non-hydrogen) atoms. The van der Waals surface area contributed by atoms with Gasteiger partial charge in [-0.2, -0.15) is 0 Å². The van der Waals surface area contributed by atoms with E-state index in [0.717, 1.165) is 18.7 Å². The summed E-state index contributed by atoms with van der Waals surface area (Å²) in [6, 6.07) is 6.27. The van der Waals surface area contributed by atoms with E-state index < -0.39 is 0 Å². The molecule has 3 nitrogen and oxygen atoms in total. The maximum absolute atomic E-state index is 5.28. The van der Waals surface area contributed by atoms with Crippen molar-refractivity contribution in [3.63, 3.8) is 0 Å². The quantitative estimate of drug-likeness (QED) is 0.875. The van der Waals surface area contributed by atoms with Crippen LogP contribution in [0.25, 0.3) is 10.9 Å². The average molecular weight is 232 g/mol. The van der Waals surface area contributed by atoms with E-state index in [9.17, 15) is 0 Å². The molecule has 0 radical (unpaired) electrons. The number of fused-ring (bicyclic) bond motifs is 1. The summed E-state index contributed by atoms with van der Waals surface area (Å²) in [6.45, 7) is 3.20. The van der Waals surface area contributed by atoms with Gasteiger partial charge in [0.2, 0.25) is 0 Å². The summed E-state index contributed by atoms with van der Waals surface area (Å²) in [7, 11) is 5.82. The van der Waals surface area contributed by atoms with Gasteiger partial charge in [0.05, 0.1) is 12.6 Å². The van der Waals surface area contributed by atoms with Gasteiger partial charge in [0, 0.05) is 37.2 Å². The van der Waals surface area contributed by atoms with Crippen molar-refractivity contribution in [1.82, 2.24) is 9.88 Å². The number of aryl methyl sites for hydroxylation is 2. The number of aromatic nitrogens is 1. The Bertz CT molecular complexity index is 528. The van der Waals surface area contributed by atoms with Crippen LogP contribution in [-0.2, 0) is 13.5 Å². The zero-order valence-electron chi connectivity index (χ0n) is 11.0. The highest BCUT2D eigenvalue weighted by Crippen LogP contribution is 2.28. The number of rotatable bonds is 4. The van der Waals surface area contributed by atoms with Gasteiger partial charge in [0.25, 0.3) is 0 Å². The summed E-state index contributed by atoms with van der Waals surface area (Å²) in [6.07, 6.45) is 1.05. The molecule has 1 heterocycles.